The lowest BCUT2D eigenvalue weighted by molar-refractivity contribution is -0.384. The van der Waals surface area contributed by atoms with E-state index in [0.29, 0.717) is 39.3 Å². The minimum absolute atomic E-state index is 0.0462. The molecule has 40 heavy (non-hydrogen) atoms. The first kappa shape index (κ1) is 26.3. The van der Waals surface area contributed by atoms with Crippen molar-refractivity contribution in [3.8, 4) is 23.0 Å². The van der Waals surface area contributed by atoms with Gasteiger partial charge in [-0.2, -0.15) is 14.9 Å². The van der Waals surface area contributed by atoms with E-state index < -0.39 is 10.8 Å². The van der Waals surface area contributed by atoms with Crippen LogP contribution in [0.2, 0.25) is 5.02 Å². The van der Waals surface area contributed by atoms with Gasteiger partial charge in [-0.1, -0.05) is 35.0 Å². The van der Waals surface area contributed by atoms with Crippen LogP contribution in [0.1, 0.15) is 27.4 Å². The highest BCUT2D eigenvalue weighted by molar-refractivity contribution is 6.30. The fourth-order valence-corrected chi connectivity index (χ4v) is 3.96. The van der Waals surface area contributed by atoms with Crippen molar-refractivity contribution < 1.29 is 14.5 Å². The van der Waals surface area contributed by atoms with Gasteiger partial charge in [0.15, 0.2) is 5.69 Å². The molecule has 0 aliphatic rings. The lowest BCUT2D eigenvalue weighted by atomic mass is 10.2. The number of aromatic nitrogens is 5. The topological polar surface area (TPSA) is 142 Å². The number of benzene rings is 3. The molecule has 0 aliphatic heterocycles. The molecule has 5 aromatic rings. The van der Waals surface area contributed by atoms with E-state index >= 15 is 0 Å². The Morgan fingerprint density at radius 3 is 2.35 bits per heavy atom. The van der Waals surface area contributed by atoms with Gasteiger partial charge in [-0.15, -0.1) is 5.10 Å². The predicted octanol–water partition coefficient (Wildman–Crippen LogP) is 5.19. The molecule has 0 spiro atoms. The first-order chi connectivity index (χ1) is 19.3. The van der Waals surface area contributed by atoms with Crippen molar-refractivity contribution in [3.05, 3.63) is 117 Å². The molecule has 13 heteroatoms. The van der Waals surface area contributed by atoms with E-state index in [4.69, 9.17) is 16.3 Å². The first-order valence-corrected chi connectivity index (χ1v) is 12.3. The van der Waals surface area contributed by atoms with Gasteiger partial charge in [0.2, 0.25) is 5.88 Å². The Kier molecular flexibility index (Phi) is 7.33. The van der Waals surface area contributed by atoms with E-state index in [1.54, 1.807) is 42.8 Å². The molecule has 0 aliphatic carbocycles. The van der Waals surface area contributed by atoms with Gasteiger partial charge in [0, 0.05) is 17.2 Å². The molecule has 200 valence electrons. The van der Waals surface area contributed by atoms with Crippen LogP contribution < -0.4 is 10.2 Å². The molecule has 1 amide bonds. The van der Waals surface area contributed by atoms with Crippen LogP contribution in [0.3, 0.4) is 0 Å². The lowest BCUT2D eigenvalue weighted by Gasteiger charge is -2.10. The molecule has 0 unspecified atom stereocenters. The number of nitrogens with zero attached hydrogens (tertiary/aromatic N) is 7. The van der Waals surface area contributed by atoms with Crippen LogP contribution in [0.4, 0.5) is 5.69 Å². The van der Waals surface area contributed by atoms with Gasteiger partial charge in [-0.3, -0.25) is 14.9 Å². The summed E-state index contributed by atoms with van der Waals surface area (Å²) < 4.78 is 9.23. The number of ether oxygens (including phenoxy) is 1. The molecule has 1 N–H and O–H groups in total. The molecule has 5 rings (SSSR count). The number of rotatable bonds is 8. The van der Waals surface area contributed by atoms with Crippen molar-refractivity contribution in [2.75, 3.05) is 0 Å². The number of hydrazone groups is 1. The Morgan fingerprint density at radius 1 is 1.00 bits per heavy atom. The molecule has 0 fully saturated rings. The zero-order chi connectivity index (χ0) is 28.2. The monoisotopic (exact) mass is 556 g/mol. The number of para-hydroxylation sites is 1. The smallest absolute Gasteiger partial charge is 0.293 e. The molecule has 0 bridgehead atoms. The van der Waals surface area contributed by atoms with Crippen molar-refractivity contribution in [2.45, 2.75) is 13.8 Å². The number of nitrogens with one attached hydrogen (secondary N) is 1. The second-order valence-electron chi connectivity index (χ2n) is 8.52. The molecular formula is C27H21ClN8O4. The number of carbonyl (C=O) groups excluding carboxylic acids is 1. The standard InChI is InChI=1S/C27H21ClN8O4/c1-17-24(27(40-23-14-8-19(28)9-15-23)35(32-17)20-6-4-3-5-7-20)16-29-31-26(37)25-18(2)34(33-30-25)21-10-12-22(13-11-21)36(38)39/h3-16H,1-2H3,(H,31,37)/b29-16+. The molecular weight excluding hydrogens is 536 g/mol. The van der Waals surface area contributed by atoms with Crippen LogP contribution >= 0.6 is 11.6 Å². The third-order valence-electron chi connectivity index (χ3n) is 5.87. The van der Waals surface area contributed by atoms with Crippen LogP contribution in [-0.4, -0.2) is 41.8 Å². The molecule has 3 aromatic carbocycles. The molecule has 12 nitrogen and oxygen atoms in total. The van der Waals surface area contributed by atoms with Crippen LogP contribution in [0.5, 0.6) is 11.6 Å². The van der Waals surface area contributed by atoms with Crippen molar-refractivity contribution in [3.63, 3.8) is 0 Å². The van der Waals surface area contributed by atoms with E-state index in [1.807, 2.05) is 30.3 Å². The highest BCUT2D eigenvalue weighted by Gasteiger charge is 2.20. The number of non-ortho nitro benzene ring substituents is 1. The van der Waals surface area contributed by atoms with E-state index in [9.17, 15) is 14.9 Å². The summed E-state index contributed by atoms with van der Waals surface area (Å²) >= 11 is 6.02. The van der Waals surface area contributed by atoms with Crippen molar-refractivity contribution in [1.29, 1.82) is 0 Å². The van der Waals surface area contributed by atoms with E-state index in [2.05, 4.69) is 25.9 Å². The second-order valence-corrected chi connectivity index (χ2v) is 8.95. The molecule has 2 aromatic heterocycles. The zero-order valence-corrected chi connectivity index (χ0v) is 22.0. The number of aryl methyl sites for hydroxylation is 1. The minimum atomic E-state index is -0.588. The van der Waals surface area contributed by atoms with Gasteiger partial charge in [0.25, 0.3) is 11.6 Å². The Bertz CT molecular complexity index is 1710. The number of nitro benzene ring substituents is 1. The highest BCUT2D eigenvalue weighted by atomic mass is 35.5. The fraction of sp³-hybridized carbons (Fsp3) is 0.0741. The first-order valence-electron chi connectivity index (χ1n) is 11.9. The van der Waals surface area contributed by atoms with Crippen LogP contribution in [0.15, 0.2) is 84.0 Å². The zero-order valence-electron chi connectivity index (χ0n) is 21.2. The van der Waals surface area contributed by atoms with Crippen LogP contribution in [0, 0.1) is 24.0 Å². The maximum Gasteiger partial charge on any atom is 0.293 e. The third-order valence-corrected chi connectivity index (χ3v) is 6.12. The Balaban J connectivity index is 1.39. The SMILES string of the molecule is Cc1nn(-c2ccccc2)c(Oc2ccc(Cl)cc2)c1/C=N/NC(=O)c1nnn(-c2ccc([N+](=O)[O-])cc2)c1C. The molecule has 0 saturated carbocycles. The Morgan fingerprint density at radius 2 is 1.68 bits per heavy atom. The van der Waals surface area contributed by atoms with Crippen LogP contribution in [-0.2, 0) is 0 Å². The van der Waals surface area contributed by atoms with Gasteiger partial charge in [-0.05, 0) is 62.4 Å². The molecule has 0 saturated heterocycles. The molecule has 0 radical (unpaired) electrons. The second kappa shape index (κ2) is 11.2. The van der Waals surface area contributed by atoms with E-state index in [1.165, 1.54) is 35.2 Å². The number of amides is 1. The number of carbonyl (C=O) groups is 1. The third kappa shape index (κ3) is 5.42. The summed E-state index contributed by atoms with van der Waals surface area (Å²) in [6, 6.07) is 22.1. The summed E-state index contributed by atoms with van der Waals surface area (Å²) in [6.07, 6.45) is 1.45. The molecule has 2 heterocycles. The maximum absolute atomic E-state index is 12.9. The number of hydrogen-bond acceptors (Lipinski definition) is 8. The number of hydrogen-bond donors (Lipinski definition) is 1. The summed E-state index contributed by atoms with van der Waals surface area (Å²) in [5.74, 6) is 0.346. The lowest BCUT2D eigenvalue weighted by Crippen LogP contribution is -2.19. The van der Waals surface area contributed by atoms with Gasteiger partial charge >= 0.3 is 0 Å². The van der Waals surface area contributed by atoms with Gasteiger partial charge < -0.3 is 4.74 Å². The van der Waals surface area contributed by atoms with Crippen molar-refractivity contribution in [2.24, 2.45) is 5.10 Å². The average molecular weight is 557 g/mol. The fourth-order valence-electron chi connectivity index (χ4n) is 3.83. The van der Waals surface area contributed by atoms with Crippen LogP contribution in [0.25, 0.3) is 11.4 Å². The number of nitro groups is 1. The molecule has 0 atom stereocenters. The van der Waals surface area contributed by atoms with Gasteiger partial charge in [0.1, 0.15) is 5.75 Å². The van der Waals surface area contributed by atoms with E-state index in [0.717, 1.165) is 5.69 Å². The summed E-state index contributed by atoms with van der Waals surface area (Å²) in [5, 5.41) is 28.2. The van der Waals surface area contributed by atoms with Crippen molar-refractivity contribution >= 4 is 29.4 Å². The Labute approximate surface area is 232 Å². The minimum Gasteiger partial charge on any atom is -0.438 e. The maximum atomic E-state index is 12.9. The average Bonchev–Trinajstić information content (AvgIpc) is 3.49. The Hall–Kier alpha value is -5.36. The van der Waals surface area contributed by atoms with Crippen molar-refractivity contribution in [1.82, 2.24) is 30.2 Å². The summed E-state index contributed by atoms with van der Waals surface area (Å²) in [6.45, 7) is 3.46. The highest BCUT2D eigenvalue weighted by Crippen LogP contribution is 2.30. The largest absolute Gasteiger partial charge is 0.438 e. The van der Waals surface area contributed by atoms with E-state index in [-0.39, 0.29) is 11.4 Å². The summed E-state index contributed by atoms with van der Waals surface area (Å²) in [5.41, 5.74) is 5.35. The quantitative estimate of drug-likeness (QED) is 0.157. The number of halogens is 1. The predicted molar refractivity (Wildman–Crippen MR) is 148 cm³/mol. The summed E-state index contributed by atoms with van der Waals surface area (Å²) in [4.78, 5) is 23.3. The van der Waals surface area contributed by atoms with Gasteiger partial charge in [-0.25, -0.2) is 10.1 Å². The normalized spacial score (nSPS) is 11.1. The summed E-state index contributed by atoms with van der Waals surface area (Å²) in [7, 11) is 0. The van der Waals surface area contributed by atoms with Gasteiger partial charge in [0.05, 0.1) is 39.5 Å².